The average Bonchev–Trinajstić information content (AvgIpc) is 2.75. The molecule has 3 rings (SSSR count). The van der Waals surface area contributed by atoms with E-state index in [0.29, 0.717) is 26.0 Å². The van der Waals surface area contributed by atoms with Gasteiger partial charge < -0.3 is 9.72 Å². The number of halogens is 3. The molecule has 3 aromatic rings. The molecule has 1 N–H and O–H groups in total. The number of rotatable bonds is 2. The van der Waals surface area contributed by atoms with Crippen molar-refractivity contribution in [3.8, 4) is 11.4 Å². The van der Waals surface area contributed by atoms with Crippen LogP contribution in [0.15, 0.2) is 34.8 Å². The Morgan fingerprint density at radius 3 is 2.67 bits per heavy atom. The molecule has 0 saturated heterocycles. The van der Waals surface area contributed by atoms with Gasteiger partial charge in [0.2, 0.25) is 0 Å². The third-order valence-electron chi connectivity index (χ3n) is 3.12. The van der Waals surface area contributed by atoms with Gasteiger partial charge in [0.25, 0.3) is 0 Å². The number of hydrogen-bond acceptors (Lipinski definition) is 2. The highest BCUT2D eigenvalue weighted by Gasteiger charge is 2.12. The monoisotopic (exact) mass is 370 g/mol. The number of hydrogen-bond donors (Lipinski definition) is 1. The second-order valence-electron chi connectivity index (χ2n) is 4.37. The van der Waals surface area contributed by atoms with Crippen LogP contribution in [0.3, 0.4) is 0 Å². The molecule has 0 unspecified atom stereocenters. The summed E-state index contributed by atoms with van der Waals surface area (Å²) in [6.45, 7) is 0. The van der Waals surface area contributed by atoms with Crippen molar-refractivity contribution < 1.29 is 13.5 Å². The summed E-state index contributed by atoms with van der Waals surface area (Å²) in [6.07, 6.45) is 0. The van der Waals surface area contributed by atoms with Crippen molar-refractivity contribution in [1.29, 1.82) is 0 Å². The molecule has 1 heterocycles. The summed E-state index contributed by atoms with van der Waals surface area (Å²) in [5.74, 6) is -0.729. The average molecular weight is 371 g/mol. The van der Waals surface area contributed by atoms with Gasteiger partial charge in [0.15, 0.2) is 16.3 Å². The number of nitrogens with zero attached hydrogens (tertiary/aromatic N) is 1. The molecule has 0 aliphatic rings. The molecule has 0 aliphatic carbocycles. The molecule has 3 nitrogen and oxygen atoms in total. The van der Waals surface area contributed by atoms with Crippen LogP contribution in [0.25, 0.3) is 16.7 Å². The zero-order valence-corrected chi connectivity index (χ0v) is 13.2. The van der Waals surface area contributed by atoms with E-state index in [1.165, 1.54) is 25.3 Å². The molecular formula is C14H9BrF2N2OS. The Bertz CT molecular complexity index is 904. The van der Waals surface area contributed by atoms with E-state index in [0.717, 1.165) is 0 Å². The van der Waals surface area contributed by atoms with Crippen LogP contribution < -0.4 is 4.74 Å². The first-order chi connectivity index (χ1) is 10.0. The van der Waals surface area contributed by atoms with Crippen molar-refractivity contribution >= 4 is 39.2 Å². The van der Waals surface area contributed by atoms with Gasteiger partial charge in [-0.1, -0.05) is 0 Å². The fraction of sp³-hybridized carbons (Fsp3) is 0.0714. The number of benzene rings is 2. The molecule has 2 aromatic carbocycles. The van der Waals surface area contributed by atoms with E-state index >= 15 is 0 Å². The minimum Gasteiger partial charge on any atom is -0.494 e. The zero-order valence-electron chi connectivity index (χ0n) is 10.8. The number of fused-ring (bicyclic) bond motifs is 1. The van der Waals surface area contributed by atoms with E-state index in [1.807, 2.05) is 0 Å². The van der Waals surface area contributed by atoms with Crippen LogP contribution in [0.1, 0.15) is 0 Å². The standard InChI is InChI=1S/C14H9BrF2N2OS/c1-20-13-4-7(2-3-9(13)16)19-12-5-8(15)10(17)6-11(12)18-14(19)21/h2-6H,1H3,(H,18,21). The van der Waals surface area contributed by atoms with E-state index < -0.39 is 5.82 Å². The zero-order chi connectivity index (χ0) is 15.1. The van der Waals surface area contributed by atoms with Crippen molar-refractivity contribution in [2.24, 2.45) is 0 Å². The molecular weight excluding hydrogens is 362 g/mol. The predicted molar refractivity (Wildman–Crippen MR) is 82.6 cm³/mol. The molecule has 0 saturated carbocycles. The van der Waals surface area contributed by atoms with Crippen molar-refractivity contribution in [2.75, 3.05) is 7.11 Å². The molecule has 0 fully saturated rings. The van der Waals surface area contributed by atoms with Gasteiger partial charge in [0, 0.05) is 12.1 Å². The predicted octanol–water partition coefficient (Wildman–Crippen LogP) is 4.74. The molecule has 0 aliphatic heterocycles. The normalized spacial score (nSPS) is 11.0. The smallest absolute Gasteiger partial charge is 0.182 e. The Labute approximate surface area is 132 Å². The highest BCUT2D eigenvalue weighted by Crippen LogP contribution is 2.28. The largest absolute Gasteiger partial charge is 0.494 e. The van der Waals surface area contributed by atoms with Gasteiger partial charge >= 0.3 is 0 Å². The minimum absolute atomic E-state index is 0.116. The third kappa shape index (κ3) is 2.36. The molecule has 1 aromatic heterocycles. The van der Waals surface area contributed by atoms with Gasteiger partial charge in [0.1, 0.15) is 5.82 Å². The lowest BCUT2D eigenvalue weighted by atomic mass is 10.2. The summed E-state index contributed by atoms with van der Waals surface area (Å²) < 4.78 is 34.5. The Balaban J connectivity index is 2.32. The van der Waals surface area contributed by atoms with E-state index in [9.17, 15) is 8.78 Å². The van der Waals surface area contributed by atoms with Gasteiger partial charge in [-0.05, 0) is 46.3 Å². The number of imidazole rings is 1. The first-order valence-corrected chi connectivity index (χ1v) is 7.15. The molecule has 108 valence electrons. The minimum atomic E-state index is -0.458. The van der Waals surface area contributed by atoms with Crippen LogP contribution in [-0.4, -0.2) is 16.7 Å². The highest BCUT2D eigenvalue weighted by atomic mass is 79.9. The van der Waals surface area contributed by atoms with E-state index in [-0.39, 0.29) is 11.6 Å². The van der Waals surface area contributed by atoms with Crippen molar-refractivity contribution in [3.05, 3.63) is 51.2 Å². The summed E-state index contributed by atoms with van der Waals surface area (Å²) in [4.78, 5) is 2.93. The molecule has 0 bridgehead atoms. The first kappa shape index (κ1) is 14.2. The van der Waals surface area contributed by atoms with Gasteiger partial charge in [-0.15, -0.1) is 0 Å². The lowest BCUT2D eigenvalue weighted by molar-refractivity contribution is 0.386. The van der Waals surface area contributed by atoms with Gasteiger partial charge in [-0.2, -0.15) is 0 Å². The summed E-state index contributed by atoms with van der Waals surface area (Å²) in [5, 5.41) is 0. The maximum Gasteiger partial charge on any atom is 0.182 e. The van der Waals surface area contributed by atoms with Crippen molar-refractivity contribution in [1.82, 2.24) is 9.55 Å². The van der Waals surface area contributed by atoms with E-state index in [1.54, 1.807) is 16.7 Å². The molecule has 0 amide bonds. The van der Waals surface area contributed by atoms with Gasteiger partial charge in [-0.25, -0.2) is 8.78 Å². The number of nitrogens with one attached hydrogen (secondary N) is 1. The Morgan fingerprint density at radius 2 is 1.95 bits per heavy atom. The fourth-order valence-electron chi connectivity index (χ4n) is 2.15. The molecule has 0 spiro atoms. The second-order valence-corrected chi connectivity index (χ2v) is 5.61. The second kappa shape index (κ2) is 5.23. The Morgan fingerprint density at radius 1 is 1.19 bits per heavy atom. The van der Waals surface area contributed by atoms with Crippen LogP contribution in [-0.2, 0) is 0 Å². The number of methoxy groups -OCH3 is 1. The van der Waals surface area contributed by atoms with E-state index in [2.05, 4.69) is 20.9 Å². The maximum atomic E-state index is 13.6. The lowest BCUT2D eigenvalue weighted by Crippen LogP contribution is -1.97. The highest BCUT2D eigenvalue weighted by molar-refractivity contribution is 9.10. The summed E-state index contributed by atoms with van der Waals surface area (Å²) in [7, 11) is 1.39. The van der Waals surface area contributed by atoms with Crippen LogP contribution in [0.5, 0.6) is 5.75 Å². The fourth-order valence-corrected chi connectivity index (χ4v) is 2.79. The van der Waals surface area contributed by atoms with Gasteiger partial charge in [-0.3, -0.25) is 4.57 Å². The number of aromatic amines is 1. The molecule has 0 radical (unpaired) electrons. The topological polar surface area (TPSA) is 29.9 Å². The van der Waals surface area contributed by atoms with E-state index in [4.69, 9.17) is 17.0 Å². The Kier molecular flexibility index (Phi) is 3.54. The third-order valence-corrected chi connectivity index (χ3v) is 4.01. The van der Waals surface area contributed by atoms with Crippen molar-refractivity contribution in [3.63, 3.8) is 0 Å². The van der Waals surface area contributed by atoms with Crippen LogP contribution in [0.2, 0.25) is 0 Å². The van der Waals surface area contributed by atoms with Gasteiger partial charge in [0.05, 0.1) is 28.3 Å². The maximum absolute atomic E-state index is 13.6. The molecule has 7 heteroatoms. The summed E-state index contributed by atoms with van der Waals surface area (Å²) in [6, 6.07) is 7.39. The first-order valence-electron chi connectivity index (χ1n) is 5.95. The SMILES string of the molecule is COc1cc(-n2c(=S)[nH]c3cc(F)c(Br)cc32)ccc1F. The number of aromatic nitrogens is 2. The summed E-state index contributed by atoms with van der Waals surface area (Å²) >= 11 is 8.42. The molecule has 21 heavy (non-hydrogen) atoms. The van der Waals surface area contributed by atoms with Crippen LogP contribution in [0, 0.1) is 16.4 Å². The lowest BCUT2D eigenvalue weighted by Gasteiger charge is -2.08. The van der Waals surface area contributed by atoms with Crippen LogP contribution in [0.4, 0.5) is 8.78 Å². The number of H-pyrrole nitrogens is 1. The number of ether oxygens (including phenoxy) is 1. The molecule has 0 atom stereocenters. The quantitative estimate of drug-likeness (QED) is 0.660. The van der Waals surface area contributed by atoms with Crippen LogP contribution >= 0.6 is 28.1 Å². The summed E-state index contributed by atoms with van der Waals surface area (Å²) in [5.41, 5.74) is 1.87. The van der Waals surface area contributed by atoms with Crippen molar-refractivity contribution in [2.45, 2.75) is 0 Å². The Hall–Kier alpha value is -1.73.